The molecule has 0 atom stereocenters. The molecule has 3 aromatic heterocycles. The summed E-state index contributed by atoms with van der Waals surface area (Å²) in [6.07, 6.45) is 3.59. The number of hydrogen-bond acceptors (Lipinski definition) is 8. The van der Waals surface area contributed by atoms with Gasteiger partial charge in [0.25, 0.3) is 5.91 Å². The Labute approximate surface area is 193 Å². The number of methoxy groups -OCH3 is 1. The lowest BCUT2D eigenvalue weighted by Crippen LogP contribution is -2.21. The number of nitrogens with zero attached hydrogens (tertiary/aromatic N) is 3. The SMILES string of the molecule is COc1cccc2cc(C(=O)Nc3ccccc3Cc3nc(-c4cccnc4)no3)c(=O)oc12. The zero-order valence-corrected chi connectivity index (χ0v) is 18.0. The average molecular weight is 454 g/mol. The maximum absolute atomic E-state index is 13.0. The van der Waals surface area contributed by atoms with Crippen LogP contribution in [0.4, 0.5) is 5.69 Å². The fourth-order valence-electron chi connectivity index (χ4n) is 3.52. The number of anilines is 1. The number of aromatic nitrogens is 3. The second kappa shape index (κ2) is 8.99. The van der Waals surface area contributed by atoms with Crippen molar-refractivity contribution in [1.82, 2.24) is 15.1 Å². The van der Waals surface area contributed by atoms with Gasteiger partial charge in [0.05, 0.1) is 13.5 Å². The highest BCUT2D eigenvalue weighted by Gasteiger charge is 2.18. The van der Waals surface area contributed by atoms with Crippen molar-refractivity contribution in [2.75, 3.05) is 12.4 Å². The molecular formula is C25H18N4O5. The van der Waals surface area contributed by atoms with Gasteiger partial charge in [-0.15, -0.1) is 0 Å². The van der Waals surface area contributed by atoms with E-state index in [1.807, 2.05) is 18.2 Å². The van der Waals surface area contributed by atoms with E-state index in [2.05, 4.69) is 20.4 Å². The average Bonchev–Trinajstić information content (AvgIpc) is 3.33. The number of amides is 1. The van der Waals surface area contributed by atoms with Gasteiger partial charge < -0.3 is 19.0 Å². The Kier molecular flexibility index (Phi) is 5.57. The van der Waals surface area contributed by atoms with Gasteiger partial charge in [-0.1, -0.05) is 35.5 Å². The van der Waals surface area contributed by atoms with Crippen LogP contribution in [0.15, 0.2) is 86.8 Å². The highest BCUT2D eigenvalue weighted by molar-refractivity contribution is 6.06. The zero-order valence-electron chi connectivity index (χ0n) is 18.0. The summed E-state index contributed by atoms with van der Waals surface area (Å²) >= 11 is 0. The largest absolute Gasteiger partial charge is 0.493 e. The second-order valence-electron chi connectivity index (χ2n) is 7.37. The number of benzene rings is 2. The van der Waals surface area contributed by atoms with Crippen LogP contribution in [0.5, 0.6) is 5.75 Å². The molecule has 0 bridgehead atoms. The van der Waals surface area contributed by atoms with E-state index in [1.165, 1.54) is 13.2 Å². The molecule has 9 heteroatoms. The fourth-order valence-corrected chi connectivity index (χ4v) is 3.52. The lowest BCUT2D eigenvalue weighted by Gasteiger charge is -2.10. The fraction of sp³-hybridized carbons (Fsp3) is 0.0800. The van der Waals surface area contributed by atoms with Crippen LogP contribution in [-0.2, 0) is 6.42 Å². The lowest BCUT2D eigenvalue weighted by atomic mass is 10.1. The molecule has 1 amide bonds. The van der Waals surface area contributed by atoms with E-state index in [4.69, 9.17) is 13.7 Å². The first-order valence-corrected chi connectivity index (χ1v) is 10.4. The number of para-hydroxylation sites is 2. The predicted molar refractivity (Wildman–Crippen MR) is 124 cm³/mol. The topological polar surface area (TPSA) is 120 Å². The third kappa shape index (κ3) is 4.14. The number of fused-ring (bicyclic) bond motifs is 1. The first kappa shape index (κ1) is 21.1. The van der Waals surface area contributed by atoms with Crippen molar-refractivity contribution >= 4 is 22.6 Å². The Morgan fingerprint density at radius 2 is 1.97 bits per heavy atom. The third-order valence-corrected chi connectivity index (χ3v) is 5.18. The summed E-state index contributed by atoms with van der Waals surface area (Å²) in [5, 5.41) is 7.36. The van der Waals surface area contributed by atoms with E-state index in [0.29, 0.717) is 28.5 Å². The molecular weight excluding hydrogens is 436 g/mol. The molecule has 0 aliphatic heterocycles. The Hall–Kier alpha value is -4.79. The molecule has 0 aliphatic rings. The molecule has 5 aromatic rings. The summed E-state index contributed by atoms with van der Waals surface area (Å²) in [6.45, 7) is 0. The minimum atomic E-state index is -0.759. The number of pyridine rings is 1. The molecule has 3 heterocycles. The summed E-state index contributed by atoms with van der Waals surface area (Å²) < 4.78 is 16.0. The van der Waals surface area contributed by atoms with E-state index in [9.17, 15) is 9.59 Å². The van der Waals surface area contributed by atoms with Gasteiger partial charge in [0.2, 0.25) is 11.7 Å². The summed E-state index contributed by atoms with van der Waals surface area (Å²) in [5.41, 5.74) is 1.39. The van der Waals surface area contributed by atoms with E-state index < -0.39 is 11.5 Å². The number of carbonyl (C=O) groups excluding carboxylic acids is 1. The van der Waals surface area contributed by atoms with Crippen LogP contribution in [0.3, 0.4) is 0 Å². The van der Waals surface area contributed by atoms with Crippen LogP contribution in [-0.4, -0.2) is 28.1 Å². The third-order valence-electron chi connectivity index (χ3n) is 5.18. The van der Waals surface area contributed by atoms with Crippen molar-refractivity contribution < 1.29 is 18.5 Å². The van der Waals surface area contributed by atoms with Crippen LogP contribution in [0, 0.1) is 0 Å². The quantitative estimate of drug-likeness (QED) is 0.381. The zero-order chi connectivity index (χ0) is 23.5. The first-order valence-electron chi connectivity index (χ1n) is 10.4. The van der Waals surface area contributed by atoms with Crippen molar-refractivity contribution in [2.24, 2.45) is 0 Å². The highest BCUT2D eigenvalue weighted by atomic mass is 16.5. The normalized spacial score (nSPS) is 10.9. The number of carbonyl (C=O) groups is 1. The van der Waals surface area contributed by atoms with Crippen LogP contribution in [0.1, 0.15) is 21.8 Å². The van der Waals surface area contributed by atoms with Crippen molar-refractivity contribution in [3.63, 3.8) is 0 Å². The Balaban J connectivity index is 1.40. The van der Waals surface area contributed by atoms with Crippen LogP contribution in [0.25, 0.3) is 22.4 Å². The molecule has 0 spiro atoms. The molecule has 5 rings (SSSR count). The summed E-state index contributed by atoms with van der Waals surface area (Å²) in [4.78, 5) is 34.0. The monoisotopic (exact) mass is 454 g/mol. The minimum absolute atomic E-state index is 0.118. The molecule has 1 N–H and O–H groups in total. The van der Waals surface area contributed by atoms with E-state index >= 15 is 0 Å². The number of ether oxygens (including phenoxy) is 1. The Bertz CT molecular complexity index is 1540. The Morgan fingerprint density at radius 3 is 2.79 bits per heavy atom. The van der Waals surface area contributed by atoms with E-state index in [-0.39, 0.29) is 17.6 Å². The second-order valence-corrected chi connectivity index (χ2v) is 7.37. The first-order chi connectivity index (χ1) is 16.6. The molecule has 168 valence electrons. The van der Waals surface area contributed by atoms with Gasteiger partial charge in [0.1, 0.15) is 5.56 Å². The van der Waals surface area contributed by atoms with Crippen molar-refractivity contribution in [2.45, 2.75) is 6.42 Å². The standard InChI is InChI=1S/C25H18N4O5/c1-32-20-10-4-7-16-12-18(25(31)33-22(16)20)24(30)27-19-9-3-2-6-15(19)13-21-28-23(29-34-21)17-8-5-11-26-14-17/h2-12,14H,13H2,1H3,(H,27,30). The van der Waals surface area contributed by atoms with Crippen molar-refractivity contribution in [1.29, 1.82) is 0 Å². The Morgan fingerprint density at radius 1 is 1.09 bits per heavy atom. The molecule has 0 saturated carbocycles. The molecule has 0 saturated heterocycles. The van der Waals surface area contributed by atoms with Gasteiger partial charge in [-0.2, -0.15) is 4.98 Å². The molecule has 2 aromatic carbocycles. The maximum atomic E-state index is 13.0. The highest BCUT2D eigenvalue weighted by Crippen LogP contribution is 2.25. The van der Waals surface area contributed by atoms with Crippen LogP contribution >= 0.6 is 0 Å². The number of nitrogens with one attached hydrogen (secondary N) is 1. The van der Waals surface area contributed by atoms with Gasteiger partial charge in [0.15, 0.2) is 11.3 Å². The summed E-state index contributed by atoms with van der Waals surface area (Å²) in [5.74, 6) is 0.622. The molecule has 0 unspecified atom stereocenters. The smallest absolute Gasteiger partial charge is 0.349 e. The van der Waals surface area contributed by atoms with Crippen molar-refractivity contribution in [3.05, 3.63) is 100 Å². The van der Waals surface area contributed by atoms with Crippen molar-refractivity contribution in [3.8, 4) is 17.1 Å². The van der Waals surface area contributed by atoms with Gasteiger partial charge in [-0.05, 0) is 35.9 Å². The molecule has 34 heavy (non-hydrogen) atoms. The number of hydrogen-bond donors (Lipinski definition) is 1. The van der Waals surface area contributed by atoms with Gasteiger partial charge in [0, 0.05) is 29.0 Å². The lowest BCUT2D eigenvalue weighted by molar-refractivity contribution is 0.102. The van der Waals surface area contributed by atoms with Crippen LogP contribution in [0.2, 0.25) is 0 Å². The number of rotatable bonds is 6. The maximum Gasteiger partial charge on any atom is 0.349 e. The minimum Gasteiger partial charge on any atom is -0.493 e. The van der Waals surface area contributed by atoms with Crippen LogP contribution < -0.4 is 15.7 Å². The van der Waals surface area contributed by atoms with Gasteiger partial charge in [-0.25, -0.2) is 4.79 Å². The van der Waals surface area contributed by atoms with E-state index in [0.717, 1.165) is 11.1 Å². The molecule has 0 aliphatic carbocycles. The van der Waals surface area contributed by atoms with Gasteiger partial charge >= 0.3 is 5.63 Å². The summed E-state index contributed by atoms with van der Waals surface area (Å²) in [7, 11) is 1.48. The molecule has 0 fully saturated rings. The predicted octanol–water partition coefficient (Wildman–Crippen LogP) is 4.09. The molecule has 0 radical (unpaired) electrons. The summed E-state index contributed by atoms with van der Waals surface area (Å²) in [6, 6.07) is 17.5. The molecule has 9 nitrogen and oxygen atoms in total. The van der Waals surface area contributed by atoms with Gasteiger partial charge in [-0.3, -0.25) is 9.78 Å². The van der Waals surface area contributed by atoms with E-state index in [1.54, 1.807) is 48.8 Å².